The number of aromatic nitrogens is 1. The van der Waals surface area contributed by atoms with Crippen LogP contribution in [0.2, 0.25) is 0 Å². The fourth-order valence-electron chi connectivity index (χ4n) is 2.05. The number of nitrogens with one attached hydrogen (secondary N) is 1. The zero-order chi connectivity index (χ0) is 15.6. The summed E-state index contributed by atoms with van der Waals surface area (Å²) in [5.74, 6) is -2.41. The number of halogens is 2. The van der Waals surface area contributed by atoms with Crippen LogP contribution < -0.4 is 10.9 Å². The second kappa shape index (κ2) is 6.02. The fraction of sp³-hybridized carbons (Fsp3) is 0.462. The minimum absolute atomic E-state index is 0.265. The van der Waals surface area contributed by atoms with E-state index in [1.807, 2.05) is 0 Å². The van der Waals surface area contributed by atoms with Gasteiger partial charge in [0.15, 0.2) is 0 Å². The third-order valence-corrected chi connectivity index (χ3v) is 3.27. The summed E-state index contributed by atoms with van der Waals surface area (Å²) in [5.41, 5.74) is -1.16. The normalized spacial score (nSPS) is 15.8. The molecule has 1 aromatic heterocycles. The molecule has 1 aliphatic carbocycles. The van der Waals surface area contributed by atoms with Crippen molar-refractivity contribution in [2.45, 2.75) is 31.9 Å². The van der Waals surface area contributed by atoms with E-state index in [1.165, 1.54) is 18.3 Å². The number of amides is 1. The lowest BCUT2D eigenvalue weighted by molar-refractivity contribution is -0.137. The maximum absolute atomic E-state index is 12.8. The summed E-state index contributed by atoms with van der Waals surface area (Å²) in [4.78, 5) is 34.5. The Morgan fingerprint density at radius 2 is 2.10 bits per heavy atom. The lowest BCUT2D eigenvalue weighted by Gasteiger charge is -2.17. The molecule has 1 amide bonds. The highest BCUT2D eigenvalue weighted by Gasteiger charge is 2.38. The number of hydrogen-bond acceptors (Lipinski definition) is 3. The summed E-state index contributed by atoms with van der Waals surface area (Å²) in [7, 11) is 0. The summed E-state index contributed by atoms with van der Waals surface area (Å²) < 4.78 is 26.5. The molecule has 1 atom stereocenters. The number of aliphatic carboxylic acids is 1. The first-order valence-corrected chi connectivity index (χ1v) is 6.40. The first kappa shape index (κ1) is 15.1. The third-order valence-electron chi connectivity index (χ3n) is 3.27. The largest absolute Gasteiger partial charge is 0.480 e. The van der Waals surface area contributed by atoms with Gasteiger partial charge in [0.25, 0.3) is 17.9 Å². The van der Waals surface area contributed by atoms with E-state index < -0.39 is 36.4 Å². The maximum Gasteiger partial charge on any atom is 0.323 e. The van der Waals surface area contributed by atoms with Gasteiger partial charge in [0.2, 0.25) is 0 Å². The number of carboxylic acid groups (broad SMARTS) is 1. The zero-order valence-corrected chi connectivity index (χ0v) is 11.0. The molecular formula is C13H14F2N2O4. The van der Waals surface area contributed by atoms with Crippen molar-refractivity contribution < 1.29 is 23.5 Å². The number of alkyl halides is 2. The number of hydrogen-bond donors (Lipinski definition) is 2. The topological polar surface area (TPSA) is 88.4 Å². The van der Waals surface area contributed by atoms with Gasteiger partial charge in [-0.2, -0.15) is 0 Å². The standard InChI is InChI=1S/C13H14F2N2O4/c14-11(15)10(7-3-4-7)16-12(20)8-2-1-5-17(13(8)21)6-9(18)19/h1-2,5,7,10-11H,3-4,6H2,(H,16,20)(H,18,19). The molecule has 0 bridgehead atoms. The number of pyridine rings is 1. The Bertz CT molecular complexity index is 608. The molecule has 0 radical (unpaired) electrons. The summed E-state index contributed by atoms with van der Waals surface area (Å²) >= 11 is 0. The van der Waals surface area contributed by atoms with Gasteiger partial charge >= 0.3 is 5.97 Å². The zero-order valence-electron chi connectivity index (χ0n) is 11.0. The molecule has 6 nitrogen and oxygen atoms in total. The maximum atomic E-state index is 12.8. The van der Waals surface area contributed by atoms with E-state index in [4.69, 9.17) is 5.11 Å². The summed E-state index contributed by atoms with van der Waals surface area (Å²) in [6.07, 6.45) is -0.245. The minimum Gasteiger partial charge on any atom is -0.480 e. The molecule has 0 saturated heterocycles. The van der Waals surface area contributed by atoms with E-state index in [-0.39, 0.29) is 11.5 Å². The molecule has 0 aliphatic heterocycles. The summed E-state index contributed by atoms with van der Waals surface area (Å²) in [6, 6.07) is 1.24. The van der Waals surface area contributed by atoms with Gasteiger partial charge in [-0.3, -0.25) is 14.4 Å². The molecule has 0 aromatic carbocycles. The van der Waals surface area contributed by atoms with Crippen LogP contribution in [-0.4, -0.2) is 34.0 Å². The monoisotopic (exact) mass is 300 g/mol. The quantitative estimate of drug-likeness (QED) is 0.809. The second-order valence-corrected chi connectivity index (χ2v) is 4.92. The first-order valence-electron chi connectivity index (χ1n) is 6.40. The highest BCUT2D eigenvalue weighted by Crippen LogP contribution is 2.35. The van der Waals surface area contributed by atoms with Crippen LogP contribution in [0, 0.1) is 5.92 Å². The van der Waals surface area contributed by atoms with E-state index in [2.05, 4.69) is 5.32 Å². The average molecular weight is 300 g/mol. The van der Waals surface area contributed by atoms with E-state index in [1.54, 1.807) is 0 Å². The van der Waals surface area contributed by atoms with E-state index in [0.717, 1.165) is 4.57 Å². The third kappa shape index (κ3) is 3.65. The highest BCUT2D eigenvalue weighted by molar-refractivity contribution is 5.94. The SMILES string of the molecule is O=C(O)Cn1cccc(C(=O)NC(C(F)F)C2CC2)c1=O. The van der Waals surface area contributed by atoms with Gasteiger partial charge < -0.3 is 15.0 Å². The Morgan fingerprint density at radius 1 is 1.43 bits per heavy atom. The van der Waals surface area contributed by atoms with Crippen molar-refractivity contribution in [1.29, 1.82) is 0 Å². The minimum atomic E-state index is -2.70. The van der Waals surface area contributed by atoms with Crippen molar-refractivity contribution in [2.24, 2.45) is 5.92 Å². The van der Waals surface area contributed by atoms with Crippen molar-refractivity contribution in [3.8, 4) is 0 Å². The first-order chi connectivity index (χ1) is 9.90. The van der Waals surface area contributed by atoms with E-state index in [0.29, 0.717) is 12.8 Å². The molecule has 1 aromatic rings. The van der Waals surface area contributed by atoms with Gasteiger partial charge in [-0.1, -0.05) is 0 Å². The van der Waals surface area contributed by atoms with Gasteiger partial charge in [0, 0.05) is 6.20 Å². The van der Waals surface area contributed by atoms with E-state index >= 15 is 0 Å². The Kier molecular flexibility index (Phi) is 4.35. The van der Waals surface area contributed by atoms with Gasteiger partial charge in [-0.15, -0.1) is 0 Å². The van der Waals surface area contributed by atoms with Crippen LogP contribution in [0.1, 0.15) is 23.2 Å². The molecule has 1 aliphatic rings. The highest BCUT2D eigenvalue weighted by atomic mass is 19.3. The van der Waals surface area contributed by atoms with Crippen molar-refractivity contribution in [3.63, 3.8) is 0 Å². The lowest BCUT2D eigenvalue weighted by Crippen LogP contribution is -2.44. The Labute approximate surface area is 118 Å². The number of rotatable bonds is 6. The van der Waals surface area contributed by atoms with Crippen LogP contribution in [0.5, 0.6) is 0 Å². The van der Waals surface area contributed by atoms with Crippen LogP contribution >= 0.6 is 0 Å². The van der Waals surface area contributed by atoms with Crippen LogP contribution in [0.3, 0.4) is 0 Å². The van der Waals surface area contributed by atoms with Gasteiger partial charge in [-0.05, 0) is 30.9 Å². The molecule has 2 rings (SSSR count). The van der Waals surface area contributed by atoms with Crippen molar-refractivity contribution in [1.82, 2.24) is 9.88 Å². The van der Waals surface area contributed by atoms with Crippen molar-refractivity contribution >= 4 is 11.9 Å². The van der Waals surface area contributed by atoms with Crippen molar-refractivity contribution in [2.75, 3.05) is 0 Å². The predicted octanol–water partition coefficient (Wildman–Crippen LogP) is 0.706. The molecule has 1 heterocycles. The van der Waals surface area contributed by atoms with Gasteiger partial charge in [0.1, 0.15) is 12.1 Å². The van der Waals surface area contributed by atoms with Crippen LogP contribution in [0.15, 0.2) is 23.1 Å². The number of carbonyl (C=O) groups is 2. The van der Waals surface area contributed by atoms with E-state index in [9.17, 15) is 23.2 Å². The van der Waals surface area contributed by atoms with Crippen LogP contribution in [0.25, 0.3) is 0 Å². The average Bonchev–Trinajstić information content (AvgIpc) is 3.21. The van der Waals surface area contributed by atoms with Crippen LogP contribution in [-0.2, 0) is 11.3 Å². The van der Waals surface area contributed by atoms with Crippen molar-refractivity contribution in [3.05, 3.63) is 34.2 Å². The molecule has 21 heavy (non-hydrogen) atoms. The Balaban J connectivity index is 2.19. The summed E-state index contributed by atoms with van der Waals surface area (Å²) in [5, 5.41) is 10.8. The molecule has 1 saturated carbocycles. The van der Waals surface area contributed by atoms with Gasteiger partial charge in [-0.25, -0.2) is 8.78 Å². The molecule has 8 heteroatoms. The Morgan fingerprint density at radius 3 is 2.62 bits per heavy atom. The number of nitrogens with zero attached hydrogens (tertiary/aromatic N) is 1. The Hall–Kier alpha value is -2.25. The smallest absolute Gasteiger partial charge is 0.323 e. The lowest BCUT2D eigenvalue weighted by atomic mass is 10.1. The summed E-state index contributed by atoms with van der Waals surface area (Å²) in [6.45, 7) is -0.596. The second-order valence-electron chi connectivity index (χ2n) is 4.92. The van der Waals surface area contributed by atoms with Gasteiger partial charge in [0.05, 0.1) is 6.04 Å². The molecule has 1 unspecified atom stereocenters. The number of carbonyl (C=O) groups excluding carboxylic acids is 1. The van der Waals surface area contributed by atoms with Crippen LogP contribution in [0.4, 0.5) is 8.78 Å². The molecule has 1 fully saturated rings. The fourth-order valence-corrected chi connectivity index (χ4v) is 2.05. The molecule has 2 N–H and O–H groups in total. The molecule has 114 valence electrons. The molecular weight excluding hydrogens is 286 g/mol. The predicted molar refractivity (Wildman–Crippen MR) is 68.3 cm³/mol. The number of carboxylic acids is 1. The molecule has 0 spiro atoms.